The monoisotopic (exact) mass is 380 g/mol. The molecule has 0 atom stereocenters. The van der Waals surface area contributed by atoms with Gasteiger partial charge in [-0.15, -0.1) is 0 Å². The van der Waals surface area contributed by atoms with E-state index in [2.05, 4.69) is 20.5 Å². The summed E-state index contributed by atoms with van der Waals surface area (Å²) < 4.78 is 6.12. The number of nitrogens with one attached hydrogen (secondary N) is 2. The summed E-state index contributed by atoms with van der Waals surface area (Å²) in [6, 6.07) is 12.4. The molecule has 4 rings (SSSR count). The van der Waals surface area contributed by atoms with Crippen molar-refractivity contribution in [3.05, 3.63) is 53.7 Å². The van der Waals surface area contributed by atoms with Crippen LogP contribution in [0, 0.1) is 6.92 Å². The van der Waals surface area contributed by atoms with Gasteiger partial charge >= 0.3 is 0 Å². The van der Waals surface area contributed by atoms with Crippen LogP contribution in [0.4, 0.5) is 5.13 Å². The lowest BCUT2D eigenvalue weighted by Gasteiger charge is -2.01. The van der Waals surface area contributed by atoms with E-state index in [1.54, 1.807) is 25.3 Å². The summed E-state index contributed by atoms with van der Waals surface area (Å²) in [5.74, 6) is 0.492. The molecule has 7 nitrogen and oxygen atoms in total. The molecular weight excluding hydrogens is 364 g/mol. The SMILES string of the molecule is COc1ccc2nc(NC(=O)c3cc(-c4cc(C)ccc4O)n[nH]3)sc2c1. The molecule has 0 radical (unpaired) electrons. The zero-order valence-corrected chi connectivity index (χ0v) is 15.4. The molecule has 0 saturated heterocycles. The summed E-state index contributed by atoms with van der Waals surface area (Å²) >= 11 is 1.36. The highest BCUT2D eigenvalue weighted by Crippen LogP contribution is 2.31. The molecule has 0 fully saturated rings. The number of H-pyrrole nitrogens is 1. The number of rotatable bonds is 4. The van der Waals surface area contributed by atoms with Crippen molar-refractivity contribution in [2.75, 3.05) is 12.4 Å². The van der Waals surface area contributed by atoms with Crippen LogP contribution in [-0.2, 0) is 0 Å². The van der Waals surface area contributed by atoms with Gasteiger partial charge < -0.3 is 9.84 Å². The summed E-state index contributed by atoms with van der Waals surface area (Å²) in [7, 11) is 1.60. The maximum atomic E-state index is 12.5. The minimum atomic E-state index is -0.355. The lowest BCUT2D eigenvalue weighted by molar-refractivity contribution is 0.102. The third-order valence-corrected chi connectivity index (χ3v) is 5.00. The van der Waals surface area contributed by atoms with E-state index in [9.17, 15) is 9.90 Å². The molecule has 0 aliphatic rings. The van der Waals surface area contributed by atoms with Gasteiger partial charge in [-0.3, -0.25) is 15.2 Å². The number of aryl methyl sites for hydroxylation is 1. The van der Waals surface area contributed by atoms with Crippen molar-refractivity contribution >= 4 is 32.6 Å². The van der Waals surface area contributed by atoms with Gasteiger partial charge in [0.15, 0.2) is 5.13 Å². The van der Waals surface area contributed by atoms with Crippen LogP contribution in [0.25, 0.3) is 21.5 Å². The number of aromatic nitrogens is 3. The molecule has 2 aromatic carbocycles. The van der Waals surface area contributed by atoms with Crippen molar-refractivity contribution in [2.24, 2.45) is 0 Å². The smallest absolute Gasteiger partial charge is 0.275 e. The van der Waals surface area contributed by atoms with Crippen LogP contribution in [0.2, 0.25) is 0 Å². The Morgan fingerprint density at radius 1 is 1.22 bits per heavy atom. The summed E-state index contributed by atoms with van der Waals surface area (Å²) in [6.45, 7) is 1.92. The van der Waals surface area contributed by atoms with Crippen LogP contribution in [0.3, 0.4) is 0 Å². The minimum Gasteiger partial charge on any atom is -0.507 e. The molecule has 2 heterocycles. The standard InChI is InChI=1S/C19H16N4O3S/c1-10-3-6-16(24)12(7-10)14-9-15(23-22-14)18(25)21-19-20-13-5-4-11(26-2)8-17(13)27-19/h3-9,24H,1-2H3,(H,22,23)(H,20,21,25). The van der Waals surface area contributed by atoms with Crippen LogP contribution in [0.5, 0.6) is 11.5 Å². The molecule has 0 aliphatic heterocycles. The van der Waals surface area contributed by atoms with Gasteiger partial charge in [0, 0.05) is 5.56 Å². The number of hydrogen-bond donors (Lipinski definition) is 3. The molecule has 1 amide bonds. The first-order valence-corrected chi connectivity index (χ1v) is 8.96. The number of aromatic hydroxyl groups is 1. The van der Waals surface area contributed by atoms with E-state index >= 15 is 0 Å². The molecule has 0 spiro atoms. The Bertz CT molecular complexity index is 1150. The second-order valence-electron chi connectivity index (χ2n) is 5.99. The van der Waals surface area contributed by atoms with E-state index in [4.69, 9.17) is 4.74 Å². The van der Waals surface area contributed by atoms with Crippen molar-refractivity contribution in [1.82, 2.24) is 15.2 Å². The van der Waals surface area contributed by atoms with Crippen LogP contribution in [0.15, 0.2) is 42.5 Å². The third-order valence-electron chi connectivity index (χ3n) is 4.07. The normalized spacial score (nSPS) is 10.9. The Balaban J connectivity index is 1.57. The Kier molecular flexibility index (Phi) is 4.25. The summed E-state index contributed by atoms with van der Waals surface area (Å²) in [4.78, 5) is 16.9. The lowest BCUT2D eigenvalue weighted by atomic mass is 10.1. The third kappa shape index (κ3) is 3.34. The highest BCUT2D eigenvalue weighted by molar-refractivity contribution is 7.22. The molecule has 27 heavy (non-hydrogen) atoms. The molecule has 2 aromatic heterocycles. The van der Waals surface area contributed by atoms with Crippen molar-refractivity contribution in [1.29, 1.82) is 0 Å². The first kappa shape index (κ1) is 17.0. The van der Waals surface area contributed by atoms with E-state index in [1.807, 2.05) is 31.2 Å². The van der Waals surface area contributed by atoms with Crippen molar-refractivity contribution in [3.8, 4) is 22.8 Å². The van der Waals surface area contributed by atoms with Crippen LogP contribution < -0.4 is 10.1 Å². The predicted octanol–water partition coefficient (Wildman–Crippen LogP) is 3.96. The predicted molar refractivity (Wildman–Crippen MR) is 105 cm³/mol. The Morgan fingerprint density at radius 2 is 2.07 bits per heavy atom. The van der Waals surface area contributed by atoms with E-state index < -0.39 is 0 Å². The second kappa shape index (κ2) is 6.73. The summed E-state index contributed by atoms with van der Waals surface area (Å²) in [5, 5.41) is 20.1. The van der Waals surface area contributed by atoms with Crippen LogP contribution in [0.1, 0.15) is 16.1 Å². The Hall–Kier alpha value is -3.39. The first-order valence-electron chi connectivity index (χ1n) is 8.15. The maximum absolute atomic E-state index is 12.5. The molecule has 8 heteroatoms. The number of carbonyl (C=O) groups excluding carboxylic acids is 1. The summed E-state index contributed by atoms with van der Waals surface area (Å²) in [6.07, 6.45) is 0. The van der Waals surface area contributed by atoms with E-state index in [0.717, 1.165) is 21.5 Å². The number of anilines is 1. The largest absolute Gasteiger partial charge is 0.507 e. The van der Waals surface area contributed by atoms with Crippen molar-refractivity contribution < 1.29 is 14.6 Å². The number of benzene rings is 2. The number of phenols is 1. The highest BCUT2D eigenvalue weighted by Gasteiger charge is 2.15. The average molecular weight is 380 g/mol. The van der Waals surface area contributed by atoms with Gasteiger partial charge in [0.2, 0.25) is 0 Å². The Morgan fingerprint density at radius 3 is 2.89 bits per heavy atom. The van der Waals surface area contributed by atoms with Gasteiger partial charge in [0.25, 0.3) is 5.91 Å². The molecule has 4 aromatic rings. The molecular formula is C19H16N4O3S. The fourth-order valence-electron chi connectivity index (χ4n) is 2.68. The Labute approximate surface area is 158 Å². The van der Waals surface area contributed by atoms with E-state index in [0.29, 0.717) is 16.4 Å². The zero-order chi connectivity index (χ0) is 19.0. The molecule has 3 N–H and O–H groups in total. The van der Waals surface area contributed by atoms with Crippen molar-refractivity contribution in [3.63, 3.8) is 0 Å². The van der Waals surface area contributed by atoms with Gasteiger partial charge in [-0.05, 0) is 43.3 Å². The van der Waals surface area contributed by atoms with E-state index in [1.165, 1.54) is 11.3 Å². The quantitative estimate of drug-likeness (QED) is 0.498. The van der Waals surface area contributed by atoms with Gasteiger partial charge in [0.05, 0.1) is 23.0 Å². The van der Waals surface area contributed by atoms with Gasteiger partial charge in [-0.25, -0.2) is 4.98 Å². The number of nitrogens with zero attached hydrogens (tertiary/aromatic N) is 2. The number of phenolic OH excluding ortho intramolecular Hbond substituents is 1. The van der Waals surface area contributed by atoms with Crippen molar-refractivity contribution in [2.45, 2.75) is 6.92 Å². The van der Waals surface area contributed by atoms with Gasteiger partial charge in [-0.1, -0.05) is 23.0 Å². The number of fused-ring (bicyclic) bond motifs is 1. The number of thiazole rings is 1. The fourth-order valence-corrected chi connectivity index (χ4v) is 3.57. The molecule has 0 saturated carbocycles. The fraction of sp³-hybridized carbons (Fsp3) is 0.105. The number of methoxy groups -OCH3 is 1. The lowest BCUT2D eigenvalue weighted by Crippen LogP contribution is -2.11. The topological polar surface area (TPSA) is 100 Å². The van der Waals surface area contributed by atoms with E-state index in [-0.39, 0.29) is 17.4 Å². The molecule has 136 valence electrons. The number of amides is 1. The van der Waals surface area contributed by atoms with Gasteiger partial charge in [0.1, 0.15) is 17.2 Å². The maximum Gasteiger partial charge on any atom is 0.275 e. The number of ether oxygens (including phenoxy) is 1. The summed E-state index contributed by atoms with van der Waals surface area (Å²) in [5.41, 5.74) is 3.11. The number of hydrogen-bond acceptors (Lipinski definition) is 6. The molecule has 0 bridgehead atoms. The van der Waals surface area contributed by atoms with Crippen LogP contribution >= 0.6 is 11.3 Å². The van der Waals surface area contributed by atoms with Gasteiger partial charge in [-0.2, -0.15) is 5.10 Å². The second-order valence-corrected chi connectivity index (χ2v) is 7.02. The highest BCUT2D eigenvalue weighted by atomic mass is 32.1. The van der Waals surface area contributed by atoms with Crippen LogP contribution in [-0.4, -0.2) is 33.3 Å². The zero-order valence-electron chi connectivity index (χ0n) is 14.6. The number of carbonyl (C=O) groups is 1. The average Bonchev–Trinajstić information content (AvgIpc) is 3.29. The minimum absolute atomic E-state index is 0.110. The first-order chi connectivity index (χ1) is 13.0. The molecule has 0 unspecified atom stereocenters. The molecule has 0 aliphatic carbocycles. The number of aromatic amines is 1.